The second-order valence-electron chi connectivity index (χ2n) is 4.55. The van der Waals surface area contributed by atoms with Crippen molar-refractivity contribution in [2.45, 2.75) is 24.3 Å². The lowest BCUT2D eigenvalue weighted by molar-refractivity contribution is 0.527. The van der Waals surface area contributed by atoms with E-state index in [-0.39, 0.29) is 0 Å². The molecular weight excluding hydrogens is 218 g/mol. The van der Waals surface area contributed by atoms with Crippen LogP contribution in [0.1, 0.15) is 19.5 Å². The Balaban J connectivity index is 2.82. The van der Waals surface area contributed by atoms with E-state index in [4.69, 9.17) is 5.73 Å². The summed E-state index contributed by atoms with van der Waals surface area (Å²) < 4.78 is 1.92. The van der Waals surface area contributed by atoms with Gasteiger partial charge in [-0.25, -0.2) is 0 Å². The molecule has 0 spiro atoms. The number of aryl methyl sites for hydroxylation is 1. The Kier molecular flexibility index (Phi) is 2.72. The molecule has 0 aliphatic rings. The molecule has 0 radical (unpaired) electrons. The molecular formula is C12H17N3S. The molecule has 0 saturated carbocycles. The second kappa shape index (κ2) is 3.79. The largest absolute Gasteiger partial charge is 0.320 e. The molecule has 1 aromatic heterocycles. The molecule has 0 saturated heterocycles. The number of para-hydroxylation sites is 1. The Morgan fingerprint density at radius 1 is 1.38 bits per heavy atom. The Hall–Kier alpha value is -1.00. The number of rotatable bonds is 2. The lowest BCUT2D eigenvalue weighted by atomic mass is 9.99. The number of thioether (sulfide) groups is 1. The summed E-state index contributed by atoms with van der Waals surface area (Å²) in [4.78, 5) is 1.24. The Morgan fingerprint density at radius 3 is 2.62 bits per heavy atom. The number of nitrogens with two attached hydrogens (primary N) is 1. The highest BCUT2D eigenvalue weighted by Crippen LogP contribution is 2.31. The van der Waals surface area contributed by atoms with Crippen molar-refractivity contribution in [3.05, 3.63) is 23.9 Å². The van der Waals surface area contributed by atoms with Gasteiger partial charge < -0.3 is 5.73 Å². The second-order valence-corrected chi connectivity index (χ2v) is 5.40. The van der Waals surface area contributed by atoms with Crippen LogP contribution < -0.4 is 5.73 Å². The smallest absolute Gasteiger partial charge is 0.0896 e. The van der Waals surface area contributed by atoms with Gasteiger partial charge in [-0.15, -0.1) is 11.8 Å². The van der Waals surface area contributed by atoms with Crippen molar-refractivity contribution in [1.82, 2.24) is 9.78 Å². The van der Waals surface area contributed by atoms with E-state index in [1.54, 1.807) is 11.8 Å². The van der Waals surface area contributed by atoms with Crippen molar-refractivity contribution in [2.24, 2.45) is 12.8 Å². The monoisotopic (exact) mass is 235 g/mol. The van der Waals surface area contributed by atoms with E-state index >= 15 is 0 Å². The van der Waals surface area contributed by atoms with Gasteiger partial charge in [-0.3, -0.25) is 4.68 Å². The highest BCUT2D eigenvalue weighted by molar-refractivity contribution is 7.98. The predicted molar refractivity (Wildman–Crippen MR) is 69.7 cm³/mol. The average Bonchev–Trinajstić information content (AvgIpc) is 2.56. The van der Waals surface area contributed by atoms with Crippen LogP contribution >= 0.6 is 11.8 Å². The molecule has 1 aromatic carbocycles. The standard InChI is InChI=1S/C12H17N3S/c1-12(2,13)11-8-6-5-7-9(16-4)10(8)15(3)14-11/h5-7H,13H2,1-4H3. The minimum Gasteiger partial charge on any atom is -0.320 e. The van der Waals surface area contributed by atoms with Gasteiger partial charge in [-0.05, 0) is 26.2 Å². The van der Waals surface area contributed by atoms with Crippen LogP contribution in [-0.2, 0) is 12.6 Å². The zero-order chi connectivity index (χ0) is 11.9. The van der Waals surface area contributed by atoms with Crippen molar-refractivity contribution in [1.29, 1.82) is 0 Å². The molecule has 16 heavy (non-hydrogen) atoms. The topological polar surface area (TPSA) is 43.8 Å². The molecule has 0 fully saturated rings. The van der Waals surface area contributed by atoms with Crippen LogP contribution in [0.4, 0.5) is 0 Å². The van der Waals surface area contributed by atoms with Crippen molar-refractivity contribution >= 4 is 22.7 Å². The summed E-state index contributed by atoms with van der Waals surface area (Å²) in [5.74, 6) is 0. The third-order valence-corrected chi connectivity index (χ3v) is 3.43. The quantitative estimate of drug-likeness (QED) is 0.813. The molecule has 0 aliphatic carbocycles. The van der Waals surface area contributed by atoms with Crippen LogP contribution in [0.2, 0.25) is 0 Å². The zero-order valence-electron chi connectivity index (χ0n) is 10.1. The zero-order valence-corrected chi connectivity index (χ0v) is 10.9. The van der Waals surface area contributed by atoms with Gasteiger partial charge in [0.2, 0.25) is 0 Å². The number of hydrogen-bond acceptors (Lipinski definition) is 3. The number of nitrogens with zero attached hydrogens (tertiary/aromatic N) is 2. The summed E-state index contributed by atoms with van der Waals surface area (Å²) in [6.45, 7) is 3.97. The van der Waals surface area contributed by atoms with Crippen LogP contribution in [0.15, 0.2) is 23.1 Å². The van der Waals surface area contributed by atoms with Gasteiger partial charge in [-0.2, -0.15) is 5.10 Å². The lowest BCUT2D eigenvalue weighted by Gasteiger charge is -2.15. The molecule has 2 rings (SSSR count). The summed E-state index contributed by atoms with van der Waals surface area (Å²) in [5, 5.41) is 5.70. The van der Waals surface area contributed by atoms with E-state index in [0.29, 0.717) is 0 Å². The highest BCUT2D eigenvalue weighted by atomic mass is 32.2. The van der Waals surface area contributed by atoms with E-state index < -0.39 is 5.54 Å². The fourth-order valence-corrected chi connectivity index (χ4v) is 2.59. The normalized spacial score (nSPS) is 12.3. The SMILES string of the molecule is CSc1cccc2c(C(C)(C)N)nn(C)c12. The molecule has 0 amide bonds. The first-order chi connectivity index (χ1) is 7.45. The first-order valence-electron chi connectivity index (χ1n) is 5.24. The minimum atomic E-state index is -0.406. The predicted octanol–water partition coefficient (Wildman–Crippen LogP) is 2.49. The third kappa shape index (κ3) is 1.72. The fourth-order valence-electron chi connectivity index (χ4n) is 1.94. The summed E-state index contributed by atoms with van der Waals surface area (Å²) in [7, 11) is 1.97. The highest BCUT2D eigenvalue weighted by Gasteiger charge is 2.22. The van der Waals surface area contributed by atoms with Crippen molar-refractivity contribution in [3.63, 3.8) is 0 Å². The van der Waals surface area contributed by atoms with Crippen molar-refractivity contribution in [2.75, 3.05) is 6.26 Å². The summed E-state index contributed by atoms with van der Waals surface area (Å²) in [6, 6.07) is 6.26. The molecule has 1 heterocycles. The average molecular weight is 235 g/mol. The van der Waals surface area contributed by atoms with E-state index in [2.05, 4.69) is 29.6 Å². The molecule has 2 aromatic rings. The Labute approximate surface area is 100 Å². The van der Waals surface area contributed by atoms with E-state index in [1.165, 1.54) is 10.4 Å². The Morgan fingerprint density at radius 2 is 2.06 bits per heavy atom. The van der Waals surface area contributed by atoms with Crippen LogP contribution in [0.5, 0.6) is 0 Å². The first kappa shape index (κ1) is 11.5. The number of fused-ring (bicyclic) bond motifs is 1. The maximum atomic E-state index is 6.15. The van der Waals surface area contributed by atoms with Gasteiger partial charge in [0.15, 0.2) is 0 Å². The maximum absolute atomic E-state index is 6.15. The van der Waals surface area contributed by atoms with Gasteiger partial charge in [0, 0.05) is 17.3 Å². The number of hydrogen-bond donors (Lipinski definition) is 1. The molecule has 86 valence electrons. The van der Waals surface area contributed by atoms with Crippen LogP contribution in [0.3, 0.4) is 0 Å². The van der Waals surface area contributed by atoms with Crippen molar-refractivity contribution < 1.29 is 0 Å². The van der Waals surface area contributed by atoms with Gasteiger partial charge in [0.05, 0.1) is 16.7 Å². The lowest BCUT2D eigenvalue weighted by Crippen LogP contribution is -2.29. The van der Waals surface area contributed by atoms with Gasteiger partial charge >= 0.3 is 0 Å². The van der Waals surface area contributed by atoms with Crippen LogP contribution in [0, 0.1) is 0 Å². The number of benzene rings is 1. The van der Waals surface area contributed by atoms with Gasteiger partial charge in [-0.1, -0.05) is 12.1 Å². The molecule has 0 aliphatic heterocycles. The molecule has 2 N–H and O–H groups in total. The summed E-state index contributed by atoms with van der Waals surface area (Å²) in [5.41, 5.74) is 7.87. The Bertz CT molecular complexity index is 523. The molecule has 3 nitrogen and oxygen atoms in total. The van der Waals surface area contributed by atoms with Gasteiger partial charge in [0.25, 0.3) is 0 Å². The summed E-state index contributed by atoms with van der Waals surface area (Å²) >= 11 is 1.73. The maximum Gasteiger partial charge on any atom is 0.0896 e. The van der Waals surface area contributed by atoms with Crippen molar-refractivity contribution in [3.8, 4) is 0 Å². The molecule has 4 heteroatoms. The van der Waals surface area contributed by atoms with Gasteiger partial charge in [0.1, 0.15) is 0 Å². The minimum absolute atomic E-state index is 0.406. The number of aromatic nitrogens is 2. The molecule has 0 atom stereocenters. The first-order valence-corrected chi connectivity index (χ1v) is 6.46. The van der Waals surface area contributed by atoms with E-state index in [9.17, 15) is 0 Å². The fraction of sp³-hybridized carbons (Fsp3) is 0.417. The van der Waals surface area contributed by atoms with Crippen LogP contribution in [0.25, 0.3) is 10.9 Å². The van der Waals surface area contributed by atoms with E-state index in [0.717, 1.165) is 11.1 Å². The van der Waals surface area contributed by atoms with E-state index in [1.807, 2.05) is 25.6 Å². The molecule has 0 unspecified atom stereocenters. The molecule has 0 bridgehead atoms. The summed E-state index contributed by atoms with van der Waals surface area (Å²) in [6.07, 6.45) is 2.08. The third-order valence-electron chi connectivity index (χ3n) is 2.66. The van der Waals surface area contributed by atoms with Crippen LogP contribution in [-0.4, -0.2) is 16.0 Å².